The zero-order chi connectivity index (χ0) is 32.0. The molecule has 5 rings (SSSR count). The molecule has 1 aliphatic heterocycles. The van der Waals surface area contributed by atoms with Crippen LogP contribution in [-0.2, 0) is 31.6 Å². The van der Waals surface area contributed by atoms with Gasteiger partial charge in [0.1, 0.15) is 5.56 Å². The maximum absolute atomic E-state index is 14.1. The van der Waals surface area contributed by atoms with Crippen LogP contribution >= 0.6 is 13.5 Å². The average Bonchev–Trinajstić information content (AvgIpc) is 3.06. The third-order valence-electron chi connectivity index (χ3n) is 8.99. The monoisotopic (exact) mass is 646 g/mol. The number of aromatic nitrogens is 1. The number of nitrogens with zero attached hydrogens (tertiary/aromatic N) is 2. The maximum Gasteiger partial charge on any atom is 0.307 e. The summed E-state index contributed by atoms with van der Waals surface area (Å²) in [5, 5.41) is 5.94. The summed E-state index contributed by atoms with van der Waals surface area (Å²) >= 11 is 0. The summed E-state index contributed by atoms with van der Waals surface area (Å²) in [7, 11) is 1.61. The van der Waals surface area contributed by atoms with Crippen molar-refractivity contribution in [1.29, 1.82) is 0 Å². The molecule has 1 saturated heterocycles. The van der Waals surface area contributed by atoms with Crippen LogP contribution in [0, 0.1) is 0 Å². The Morgan fingerprint density at radius 1 is 0.935 bits per heavy atom. The number of nitrogens with one attached hydrogen (secondary N) is 2. The molecule has 3 amide bonds. The highest BCUT2D eigenvalue weighted by Crippen LogP contribution is 2.48. The fraction of sp³-hybridized carbons (Fsp3) is 0.400. The van der Waals surface area contributed by atoms with Crippen LogP contribution in [0.5, 0.6) is 0 Å². The van der Waals surface area contributed by atoms with Gasteiger partial charge in [-0.05, 0) is 61.4 Å². The number of likely N-dealkylation sites (tertiary alicyclic amines) is 1. The number of rotatable bonds is 9. The fourth-order valence-corrected chi connectivity index (χ4v) is 6.65. The molecule has 0 saturated carbocycles. The molecule has 2 aromatic carbocycles. The van der Waals surface area contributed by atoms with E-state index < -0.39 is 17.2 Å². The Kier molecular flexibility index (Phi) is 11.4. The molecular weight excluding hydrogens is 604 g/mol. The molecule has 10 nitrogen and oxygen atoms in total. The number of piperidine rings is 1. The molecule has 0 unspecified atom stereocenters. The van der Waals surface area contributed by atoms with Crippen LogP contribution in [0.15, 0.2) is 77.7 Å². The Hall–Kier alpha value is -4.38. The first-order valence-corrected chi connectivity index (χ1v) is 15.6. The topological polar surface area (TPSA) is 127 Å². The van der Waals surface area contributed by atoms with Gasteiger partial charge < -0.3 is 24.8 Å². The predicted octanol–water partition coefficient (Wildman–Crippen LogP) is 3.15. The summed E-state index contributed by atoms with van der Waals surface area (Å²) in [6, 6.07) is 20.3. The summed E-state index contributed by atoms with van der Waals surface area (Å²) in [5.74, 6) is -1.38. The molecule has 0 spiro atoms. The lowest BCUT2D eigenvalue weighted by Crippen LogP contribution is -2.51. The normalized spacial score (nSPS) is 19.3. The summed E-state index contributed by atoms with van der Waals surface area (Å²) in [6.45, 7) is 3.14. The van der Waals surface area contributed by atoms with Crippen molar-refractivity contribution in [1.82, 2.24) is 20.1 Å². The van der Waals surface area contributed by atoms with Gasteiger partial charge in [0.25, 0.3) is 11.5 Å². The molecular formula is C35H42N4O6S. The largest absolute Gasteiger partial charge is 0.466 e. The molecule has 2 aliphatic rings. The molecule has 3 aromatic rings. The molecule has 1 aliphatic carbocycles. The Balaban J connectivity index is 0.00000480. The van der Waals surface area contributed by atoms with Crippen molar-refractivity contribution in [2.45, 2.75) is 56.4 Å². The first-order valence-electron chi connectivity index (χ1n) is 15.6. The lowest BCUT2D eigenvalue weighted by molar-refractivity contribution is -0.143. The smallest absolute Gasteiger partial charge is 0.307 e. The van der Waals surface area contributed by atoms with Crippen molar-refractivity contribution < 1.29 is 23.9 Å². The zero-order valence-electron chi connectivity index (χ0n) is 26.3. The number of esters is 1. The molecule has 2 N–H and O–H groups in total. The second-order valence-electron chi connectivity index (χ2n) is 11.7. The summed E-state index contributed by atoms with van der Waals surface area (Å²) in [6.07, 6.45) is 3.74. The molecule has 2 heterocycles. The zero-order valence-corrected chi connectivity index (χ0v) is 27.3. The van der Waals surface area contributed by atoms with Crippen LogP contribution in [-0.4, -0.2) is 65.4 Å². The maximum atomic E-state index is 14.1. The molecule has 2 atom stereocenters. The van der Waals surface area contributed by atoms with E-state index in [0.29, 0.717) is 38.8 Å². The number of carbonyl (C=O) groups is 4. The van der Waals surface area contributed by atoms with Gasteiger partial charge in [0.2, 0.25) is 11.8 Å². The van der Waals surface area contributed by atoms with Crippen LogP contribution in [0.1, 0.15) is 72.0 Å². The number of amides is 3. The van der Waals surface area contributed by atoms with Gasteiger partial charge in [-0.1, -0.05) is 54.6 Å². The number of benzene rings is 2. The predicted molar refractivity (Wildman–Crippen MR) is 179 cm³/mol. The lowest BCUT2D eigenvalue weighted by atomic mass is 9.62. The van der Waals surface area contributed by atoms with Gasteiger partial charge >= 0.3 is 5.97 Å². The van der Waals surface area contributed by atoms with Crippen molar-refractivity contribution in [3.05, 3.63) is 106 Å². The van der Waals surface area contributed by atoms with E-state index in [-0.39, 0.29) is 68.0 Å². The minimum absolute atomic E-state index is 0. The number of hydrogen-bond acceptors (Lipinski definition) is 6. The number of fused-ring (bicyclic) bond motifs is 1. The van der Waals surface area contributed by atoms with Gasteiger partial charge in [0.15, 0.2) is 0 Å². The van der Waals surface area contributed by atoms with Gasteiger partial charge in [-0.15, -0.1) is 0 Å². The number of aryl methyl sites for hydroxylation is 1. The summed E-state index contributed by atoms with van der Waals surface area (Å²) in [5.41, 5.74) is 1.19. The molecule has 0 radical (unpaired) electrons. The van der Waals surface area contributed by atoms with E-state index in [1.165, 1.54) is 10.6 Å². The van der Waals surface area contributed by atoms with Gasteiger partial charge in [-0.3, -0.25) is 24.0 Å². The number of ether oxygens (including phenoxy) is 1. The SMILES string of the molecule is CCOC(=O)CCNC(=O)[C@@]1(c2ccccc2)CC[C@H](C(=O)N2CCC(NC(=O)c3cccn(C)c3=O)CC2)c2ccccc21.S. The number of carbonyl (C=O) groups excluding carboxylic acids is 4. The van der Waals surface area contributed by atoms with E-state index in [1.54, 1.807) is 26.2 Å². The first kappa shape index (κ1) is 34.5. The summed E-state index contributed by atoms with van der Waals surface area (Å²) in [4.78, 5) is 67.0. The average molecular weight is 647 g/mol. The van der Waals surface area contributed by atoms with Crippen molar-refractivity contribution in [2.24, 2.45) is 7.05 Å². The minimum Gasteiger partial charge on any atom is -0.466 e. The van der Waals surface area contributed by atoms with Gasteiger partial charge in [-0.25, -0.2) is 0 Å². The van der Waals surface area contributed by atoms with Crippen LogP contribution in [0.2, 0.25) is 0 Å². The fourth-order valence-electron chi connectivity index (χ4n) is 6.65. The Bertz CT molecular complexity index is 1620. The quantitative estimate of drug-likeness (QED) is 0.344. The minimum atomic E-state index is -1.02. The van der Waals surface area contributed by atoms with Gasteiger partial charge in [0.05, 0.1) is 24.4 Å². The van der Waals surface area contributed by atoms with Crippen LogP contribution in [0.3, 0.4) is 0 Å². The molecule has 46 heavy (non-hydrogen) atoms. The lowest BCUT2D eigenvalue weighted by Gasteiger charge is -2.42. The standard InChI is InChI=1S/C35H40N4O6.H2S/c1-3-45-30(40)16-20-36-34(44)35(24-10-5-4-6-11-24)19-15-27(26-12-7-8-14-29(26)35)33(43)39-22-17-25(18-23-39)37-31(41)28-13-9-21-38(2)32(28)42;/h4-14,21,25,27H,3,15-20,22-23H2,1-2H3,(H,36,44)(H,37,41);1H2/t27-,35+;/m0./s1. The second kappa shape index (κ2) is 15.3. The highest BCUT2D eigenvalue weighted by molar-refractivity contribution is 7.59. The van der Waals surface area contributed by atoms with E-state index in [9.17, 15) is 24.0 Å². The van der Waals surface area contributed by atoms with Crippen molar-refractivity contribution in [3.8, 4) is 0 Å². The number of hydrogen-bond donors (Lipinski definition) is 2. The van der Waals surface area contributed by atoms with Crippen molar-refractivity contribution in [2.75, 3.05) is 26.2 Å². The first-order chi connectivity index (χ1) is 21.8. The highest BCUT2D eigenvalue weighted by Gasteiger charge is 2.48. The van der Waals surface area contributed by atoms with Crippen LogP contribution in [0.25, 0.3) is 0 Å². The highest BCUT2D eigenvalue weighted by atomic mass is 32.1. The molecule has 1 aromatic heterocycles. The van der Waals surface area contributed by atoms with E-state index in [0.717, 1.165) is 16.7 Å². The molecule has 1 fully saturated rings. The third-order valence-corrected chi connectivity index (χ3v) is 8.99. The molecule has 244 valence electrons. The van der Waals surface area contributed by atoms with Crippen LogP contribution < -0.4 is 16.2 Å². The molecule has 0 bridgehead atoms. The van der Waals surface area contributed by atoms with E-state index in [4.69, 9.17) is 4.74 Å². The van der Waals surface area contributed by atoms with E-state index >= 15 is 0 Å². The van der Waals surface area contributed by atoms with Gasteiger partial charge in [-0.2, -0.15) is 13.5 Å². The Morgan fingerprint density at radius 2 is 1.63 bits per heavy atom. The van der Waals surface area contributed by atoms with Crippen molar-refractivity contribution in [3.63, 3.8) is 0 Å². The van der Waals surface area contributed by atoms with Crippen molar-refractivity contribution >= 4 is 37.2 Å². The second-order valence-corrected chi connectivity index (χ2v) is 11.7. The third kappa shape index (κ3) is 7.04. The number of pyridine rings is 1. The van der Waals surface area contributed by atoms with E-state index in [2.05, 4.69) is 10.6 Å². The molecule has 11 heteroatoms. The van der Waals surface area contributed by atoms with Gasteiger partial charge in [0, 0.05) is 38.9 Å². The van der Waals surface area contributed by atoms with Crippen LogP contribution in [0.4, 0.5) is 0 Å². The Morgan fingerprint density at radius 3 is 2.35 bits per heavy atom. The van der Waals surface area contributed by atoms with E-state index in [1.807, 2.05) is 59.5 Å². The Labute approximate surface area is 276 Å². The summed E-state index contributed by atoms with van der Waals surface area (Å²) < 4.78 is 6.39.